The first-order chi connectivity index (χ1) is 9.10. The van der Waals surface area contributed by atoms with Gasteiger partial charge in [0.25, 0.3) is 5.91 Å². The van der Waals surface area contributed by atoms with Gasteiger partial charge in [0.1, 0.15) is 17.3 Å². The third-order valence-corrected chi connectivity index (χ3v) is 2.54. The van der Waals surface area contributed by atoms with Crippen LogP contribution in [0.4, 0.5) is 8.78 Å². The molecule has 1 amide bonds. The monoisotopic (exact) mass is 266 g/mol. The van der Waals surface area contributed by atoms with Crippen molar-refractivity contribution in [3.05, 3.63) is 52.9 Å². The van der Waals surface area contributed by atoms with Gasteiger partial charge in [-0.3, -0.25) is 9.89 Å². The lowest BCUT2D eigenvalue weighted by molar-refractivity contribution is 0.0945. The van der Waals surface area contributed by atoms with Crippen LogP contribution in [0.3, 0.4) is 0 Å². The topological polar surface area (TPSA) is 83.8 Å². The van der Waals surface area contributed by atoms with Crippen LogP contribution in [-0.4, -0.2) is 16.1 Å². The number of rotatable bonds is 4. The number of benzene rings is 1. The molecule has 7 heteroatoms. The molecule has 100 valence electrons. The van der Waals surface area contributed by atoms with E-state index in [0.717, 1.165) is 12.1 Å². The van der Waals surface area contributed by atoms with Crippen LogP contribution in [0.15, 0.2) is 24.3 Å². The summed E-state index contributed by atoms with van der Waals surface area (Å²) in [6, 6.07) is 4.69. The standard InChI is InChI=1S/C12H12F2N4O/c13-8-2-1-7(10(14)3-8)6-16-12(19)11-4-9(5-15)17-18-11/h1-4H,5-6,15H2,(H,16,19)(H,17,18). The fourth-order valence-electron chi connectivity index (χ4n) is 1.51. The van der Waals surface area contributed by atoms with Crippen LogP contribution in [0, 0.1) is 11.6 Å². The molecular formula is C12H12F2N4O. The quantitative estimate of drug-likeness (QED) is 0.774. The maximum absolute atomic E-state index is 13.3. The van der Waals surface area contributed by atoms with E-state index >= 15 is 0 Å². The smallest absolute Gasteiger partial charge is 0.272 e. The Morgan fingerprint density at radius 1 is 1.37 bits per heavy atom. The summed E-state index contributed by atoms with van der Waals surface area (Å²) in [4.78, 5) is 11.7. The predicted molar refractivity (Wildman–Crippen MR) is 64.0 cm³/mol. The number of halogens is 2. The number of hydrogen-bond donors (Lipinski definition) is 3. The van der Waals surface area contributed by atoms with Crippen molar-refractivity contribution in [2.45, 2.75) is 13.1 Å². The minimum atomic E-state index is -0.704. The van der Waals surface area contributed by atoms with Gasteiger partial charge in [-0.05, 0) is 12.1 Å². The Morgan fingerprint density at radius 2 is 2.16 bits per heavy atom. The molecule has 0 aliphatic heterocycles. The molecule has 0 saturated carbocycles. The Labute approximate surface area is 107 Å². The predicted octanol–water partition coefficient (Wildman–Crippen LogP) is 1.08. The second kappa shape index (κ2) is 5.57. The minimum Gasteiger partial charge on any atom is -0.346 e. The van der Waals surface area contributed by atoms with E-state index in [1.54, 1.807) is 0 Å². The first-order valence-corrected chi connectivity index (χ1v) is 5.56. The van der Waals surface area contributed by atoms with Gasteiger partial charge in [0.2, 0.25) is 0 Å². The van der Waals surface area contributed by atoms with E-state index in [1.807, 2.05) is 0 Å². The molecule has 0 spiro atoms. The molecule has 1 heterocycles. The summed E-state index contributed by atoms with van der Waals surface area (Å²) in [6.07, 6.45) is 0. The second-order valence-corrected chi connectivity index (χ2v) is 3.90. The van der Waals surface area contributed by atoms with Crippen molar-refractivity contribution in [2.75, 3.05) is 0 Å². The first kappa shape index (κ1) is 13.2. The molecule has 1 aromatic carbocycles. The number of nitrogens with two attached hydrogens (primary N) is 1. The van der Waals surface area contributed by atoms with Crippen molar-refractivity contribution in [1.29, 1.82) is 0 Å². The maximum atomic E-state index is 13.3. The largest absolute Gasteiger partial charge is 0.346 e. The summed E-state index contributed by atoms with van der Waals surface area (Å²) < 4.78 is 26.0. The summed E-state index contributed by atoms with van der Waals surface area (Å²) in [7, 11) is 0. The van der Waals surface area contributed by atoms with Gasteiger partial charge in [0.05, 0.1) is 0 Å². The van der Waals surface area contributed by atoms with E-state index in [1.165, 1.54) is 12.1 Å². The SMILES string of the molecule is NCc1cc(C(=O)NCc2ccc(F)cc2F)n[nH]1. The zero-order chi connectivity index (χ0) is 13.8. The minimum absolute atomic E-state index is 0.0459. The van der Waals surface area contributed by atoms with Crippen LogP contribution in [0.5, 0.6) is 0 Å². The lowest BCUT2D eigenvalue weighted by Gasteiger charge is -2.04. The molecule has 2 rings (SSSR count). The van der Waals surface area contributed by atoms with Crippen molar-refractivity contribution in [3.63, 3.8) is 0 Å². The van der Waals surface area contributed by atoms with E-state index < -0.39 is 17.5 Å². The number of H-pyrrole nitrogens is 1. The highest BCUT2D eigenvalue weighted by atomic mass is 19.1. The number of aromatic nitrogens is 2. The zero-order valence-corrected chi connectivity index (χ0v) is 9.91. The van der Waals surface area contributed by atoms with Crippen LogP contribution in [0.2, 0.25) is 0 Å². The molecule has 4 N–H and O–H groups in total. The number of carbonyl (C=O) groups excluding carboxylic acids is 1. The number of aromatic amines is 1. The van der Waals surface area contributed by atoms with Crippen molar-refractivity contribution >= 4 is 5.91 Å². The number of carbonyl (C=O) groups is 1. The Morgan fingerprint density at radius 3 is 2.79 bits per heavy atom. The number of amides is 1. The fourth-order valence-corrected chi connectivity index (χ4v) is 1.51. The van der Waals surface area contributed by atoms with Gasteiger partial charge in [-0.1, -0.05) is 6.07 Å². The molecule has 2 aromatic rings. The number of nitrogens with zero attached hydrogens (tertiary/aromatic N) is 1. The van der Waals surface area contributed by atoms with E-state index in [0.29, 0.717) is 5.69 Å². The normalized spacial score (nSPS) is 10.5. The van der Waals surface area contributed by atoms with Gasteiger partial charge in [0, 0.05) is 30.4 Å². The molecule has 0 atom stereocenters. The highest BCUT2D eigenvalue weighted by molar-refractivity contribution is 5.92. The molecule has 5 nitrogen and oxygen atoms in total. The Balaban J connectivity index is 2.00. The van der Waals surface area contributed by atoms with Gasteiger partial charge in [-0.2, -0.15) is 5.10 Å². The lowest BCUT2D eigenvalue weighted by Crippen LogP contribution is -2.23. The van der Waals surface area contributed by atoms with Crippen LogP contribution < -0.4 is 11.1 Å². The average molecular weight is 266 g/mol. The summed E-state index contributed by atoms with van der Waals surface area (Å²) >= 11 is 0. The van der Waals surface area contributed by atoms with E-state index in [-0.39, 0.29) is 24.3 Å². The van der Waals surface area contributed by atoms with Crippen LogP contribution >= 0.6 is 0 Å². The second-order valence-electron chi connectivity index (χ2n) is 3.90. The van der Waals surface area contributed by atoms with Gasteiger partial charge >= 0.3 is 0 Å². The highest BCUT2D eigenvalue weighted by Gasteiger charge is 2.11. The summed E-state index contributed by atoms with van der Waals surface area (Å²) in [5.41, 5.74) is 6.37. The molecule has 0 aliphatic rings. The third kappa shape index (κ3) is 3.14. The third-order valence-electron chi connectivity index (χ3n) is 2.54. The van der Waals surface area contributed by atoms with Crippen molar-refractivity contribution < 1.29 is 13.6 Å². The van der Waals surface area contributed by atoms with Gasteiger partial charge in [-0.15, -0.1) is 0 Å². The molecule has 0 unspecified atom stereocenters. The molecule has 0 saturated heterocycles. The van der Waals surface area contributed by atoms with E-state index in [4.69, 9.17) is 5.73 Å². The van der Waals surface area contributed by atoms with Crippen LogP contribution in [0.25, 0.3) is 0 Å². The molecule has 0 fully saturated rings. The number of hydrogen-bond acceptors (Lipinski definition) is 3. The lowest BCUT2D eigenvalue weighted by atomic mass is 10.2. The van der Waals surface area contributed by atoms with Crippen LogP contribution in [0.1, 0.15) is 21.7 Å². The summed E-state index contributed by atoms with van der Waals surface area (Å²) in [5.74, 6) is -1.82. The average Bonchev–Trinajstić information content (AvgIpc) is 2.86. The molecule has 1 aromatic heterocycles. The number of nitrogens with one attached hydrogen (secondary N) is 2. The Kier molecular flexibility index (Phi) is 3.86. The fraction of sp³-hybridized carbons (Fsp3) is 0.167. The highest BCUT2D eigenvalue weighted by Crippen LogP contribution is 2.09. The van der Waals surface area contributed by atoms with E-state index in [9.17, 15) is 13.6 Å². The van der Waals surface area contributed by atoms with Gasteiger partial charge < -0.3 is 11.1 Å². The zero-order valence-electron chi connectivity index (χ0n) is 9.91. The van der Waals surface area contributed by atoms with Gasteiger partial charge in [0.15, 0.2) is 0 Å². The molecule has 19 heavy (non-hydrogen) atoms. The first-order valence-electron chi connectivity index (χ1n) is 5.56. The molecule has 0 radical (unpaired) electrons. The molecule has 0 aliphatic carbocycles. The van der Waals surface area contributed by atoms with Crippen molar-refractivity contribution in [2.24, 2.45) is 5.73 Å². The van der Waals surface area contributed by atoms with Crippen molar-refractivity contribution in [3.8, 4) is 0 Å². The van der Waals surface area contributed by atoms with E-state index in [2.05, 4.69) is 15.5 Å². The van der Waals surface area contributed by atoms with Crippen LogP contribution in [-0.2, 0) is 13.1 Å². The maximum Gasteiger partial charge on any atom is 0.272 e. The Bertz CT molecular complexity index is 597. The summed E-state index contributed by atoms with van der Waals surface area (Å²) in [6.45, 7) is 0.197. The van der Waals surface area contributed by atoms with Gasteiger partial charge in [-0.25, -0.2) is 8.78 Å². The summed E-state index contributed by atoms with van der Waals surface area (Å²) in [5, 5.41) is 8.85. The molecule has 0 bridgehead atoms. The van der Waals surface area contributed by atoms with Crippen molar-refractivity contribution in [1.82, 2.24) is 15.5 Å². The Hall–Kier alpha value is -2.28. The molecular weight excluding hydrogens is 254 g/mol.